The summed E-state index contributed by atoms with van der Waals surface area (Å²) in [6.45, 7) is 0. The summed E-state index contributed by atoms with van der Waals surface area (Å²) < 4.78 is 4.69. The first kappa shape index (κ1) is 16.0. The van der Waals surface area contributed by atoms with E-state index in [1.165, 1.54) is 13.3 Å². The van der Waals surface area contributed by atoms with E-state index in [4.69, 9.17) is 4.74 Å². The van der Waals surface area contributed by atoms with Crippen LogP contribution in [0.2, 0.25) is 0 Å². The highest BCUT2D eigenvalue weighted by molar-refractivity contribution is 7.98. The van der Waals surface area contributed by atoms with Crippen LogP contribution in [-0.2, 0) is 9.53 Å². The smallest absolute Gasteiger partial charge is 0.307 e. The molecule has 1 unspecified atom stereocenters. The summed E-state index contributed by atoms with van der Waals surface area (Å²) in [7, 11) is 1.32. The fourth-order valence-corrected chi connectivity index (χ4v) is 2.29. The van der Waals surface area contributed by atoms with E-state index >= 15 is 0 Å². The van der Waals surface area contributed by atoms with Gasteiger partial charge in [0.05, 0.1) is 25.8 Å². The first-order valence-electron chi connectivity index (χ1n) is 6.51. The fraction of sp³-hybridized carbons (Fsp3) is 0.286. The normalized spacial score (nSPS) is 11.7. The molecule has 8 heteroatoms. The molecule has 0 radical (unpaired) electrons. The van der Waals surface area contributed by atoms with Crippen LogP contribution < -0.4 is 5.32 Å². The second-order valence-corrected chi connectivity index (χ2v) is 5.31. The Kier molecular flexibility index (Phi) is 5.54. The number of aromatic nitrogens is 3. The molecule has 1 amide bonds. The van der Waals surface area contributed by atoms with Gasteiger partial charge in [-0.3, -0.25) is 9.59 Å². The van der Waals surface area contributed by atoms with Gasteiger partial charge < -0.3 is 10.1 Å². The number of H-pyrrole nitrogens is 1. The number of carbonyl (C=O) groups is 2. The number of aromatic amines is 1. The van der Waals surface area contributed by atoms with Crippen molar-refractivity contribution in [3.63, 3.8) is 0 Å². The first-order valence-corrected chi connectivity index (χ1v) is 7.74. The van der Waals surface area contributed by atoms with Gasteiger partial charge in [-0.1, -0.05) is 12.1 Å². The van der Waals surface area contributed by atoms with E-state index in [-0.39, 0.29) is 12.1 Å². The number of methoxy groups -OCH3 is 1. The molecule has 0 spiro atoms. The van der Waals surface area contributed by atoms with Crippen LogP contribution in [0, 0.1) is 0 Å². The lowest BCUT2D eigenvalue weighted by Gasteiger charge is -2.17. The second kappa shape index (κ2) is 7.60. The average Bonchev–Trinajstić information content (AvgIpc) is 3.08. The molecule has 1 heterocycles. The van der Waals surface area contributed by atoms with Crippen LogP contribution >= 0.6 is 11.8 Å². The number of rotatable bonds is 6. The Morgan fingerprint density at radius 1 is 1.36 bits per heavy atom. The minimum atomic E-state index is -0.493. The molecule has 0 aliphatic carbocycles. The molecule has 1 aromatic carbocycles. The zero-order chi connectivity index (χ0) is 15.9. The molecule has 0 saturated carbocycles. The third-order valence-electron chi connectivity index (χ3n) is 3.07. The van der Waals surface area contributed by atoms with Gasteiger partial charge in [0.15, 0.2) is 5.69 Å². The number of carbonyl (C=O) groups excluding carboxylic acids is 2. The van der Waals surface area contributed by atoms with Crippen molar-refractivity contribution in [1.82, 2.24) is 20.7 Å². The van der Waals surface area contributed by atoms with Crippen molar-refractivity contribution in [1.29, 1.82) is 0 Å². The number of ether oxygens (including phenoxy) is 1. The summed E-state index contributed by atoms with van der Waals surface area (Å²) in [6, 6.07) is 7.14. The monoisotopic (exact) mass is 320 g/mol. The van der Waals surface area contributed by atoms with E-state index in [1.807, 2.05) is 30.5 Å². The van der Waals surface area contributed by atoms with E-state index in [0.717, 1.165) is 10.5 Å². The largest absolute Gasteiger partial charge is 0.469 e. The fourth-order valence-electron chi connectivity index (χ4n) is 1.88. The Morgan fingerprint density at radius 3 is 2.64 bits per heavy atom. The lowest BCUT2D eigenvalue weighted by atomic mass is 10.0. The number of esters is 1. The van der Waals surface area contributed by atoms with Gasteiger partial charge in [-0.15, -0.1) is 11.8 Å². The molecule has 1 atom stereocenters. The van der Waals surface area contributed by atoms with E-state index in [2.05, 4.69) is 20.7 Å². The number of nitrogens with zero attached hydrogens (tertiary/aromatic N) is 2. The highest BCUT2D eigenvalue weighted by Crippen LogP contribution is 2.22. The Balaban J connectivity index is 2.17. The van der Waals surface area contributed by atoms with Gasteiger partial charge in [0.1, 0.15) is 0 Å². The number of benzene rings is 1. The summed E-state index contributed by atoms with van der Waals surface area (Å²) >= 11 is 1.62. The van der Waals surface area contributed by atoms with Crippen molar-refractivity contribution in [2.24, 2.45) is 0 Å². The Hall–Kier alpha value is -2.35. The van der Waals surface area contributed by atoms with Gasteiger partial charge in [0.25, 0.3) is 5.91 Å². The molecule has 0 fully saturated rings. The van der Waals surface area contributed by atoms with Crippen molar-refractivity contribution in [3.05, 3.63) is 41.7 Å². The third kappa shape index (κ3) is 4.08. The zero-order valence-electron chi connectivity index (χ0n) is 12.2. The molecule has 2 aromatic rings. The number of nitrogens with one attached hydrogen (secondary N) is 2. The zero-order valence-corrected chi connectivity index (χ0v) is 13.0. The summed E-state index contributed by atoms with van der Waals surface area (Å²) in [5.41, 5.74) is 0.982. The average molecular weight is 320 g/mol. The Bertz CT molecular complexity index is 628. The van der Waals surface area contributed by atoms with Gasteiger partial charge in [-0.2, -0.15) is 15.4 Å². The Morgan fingerprint density at radius 2 is 2.09 bits per heavy atom. The molecular weight excluding hydrogens is 304 g/mol. The van der Waals surface area contributed by atoms with Crippen LogP contribution in [0.4, 0.5) is 0 Å². The van der Waals surface area contributed by atoms with Gasteiger partial charge in [0.2, 0.25) is 0 Å². The van der Waals surface area contributed by atoms with E-state index < -0.39 is 17.9 Å². The molecule has 116 valence electrons. The maximum absolute atomic E-state index is 12.1. The lowest BCUT2D eigenvalue weighted by Crippen LogP contribution is -2.30. The van der Waals surface area contributed by atoms with Crippen molar-refractivity contribution in [2.45, 2.75) is 17.4 Å². The standard InChI is InChI=1S/C14H16N4O3S/c1-21-13(19)7-11(9-3-5-10(22-2)6-4-9)16-14(20)12-8-15-18-17-12/h3-6,8,11H,7H2,1-2H3,(H,16,20)(H,15,17,18). The maximum atomic E-state index is 12.1. The van der Waals surface area contributed by atoms with Gasteiger partial charge in [-0.25, -0.2) is 0 Å². The van der Waals surface area contributed by atoms with Crippen LogP contribution in [0.5, 0.6) is 0 Å². The van der Waals surface area contributed by atoms with Crippen LogP contribution in [0.1, 0.15) is 28.5 Å². The van der Waals surface area contributed by atoms with Crippen LogP contribution in [-0.4, -0.2) is 40.7 Å². The van der Waals surface area contributed by atoms with Crippen LogP contribution in [0.3, 0.4) is 0 Å². The topological polar surface area (TPSA) is 97.0 Å². The Labute approximate surface area is 131 Å². The minimum Gasteiger partial charge on any atom is -0.469 e. The molecule has 2 N–H and O–H groups in total. The quantitative estimate of drug-likeness (QED) is 0.619. The van der Waals surface area contributed by atoms with Crippen LogP contribution in [0.15, 0.2) is 35.4 Å². The van der Waals surface area contributed by atoms with E-state index in [1.54, 1.807) is 11.8 Å². The molecule has 2 rings (SSSR count). The molecule has 7 nitrogen and oxygen atoms in total. The van der Waals surface area contributed by atoms with Crippen LogP contribution in [0.25, 0.3) is 0 Å². The predicted molar refractivity (Wildman–Crippen MR) is 81.4 cm³/mol. The maximum Gasteiger partial charge on any atom is 0.307 e. The lowest BCUT2D eigenvalue weighted by molar-refractivity contribution is -0.141. The number of hydrogen-bond acceptors (Lipinski definition) is 6. The molecule has 0 aliphatic heterocycles. The number of amides is 1. The summed E-state index contributed by atoms with van der Waals surface area (Å²) in [4.78, 5) is 24.8. The number of thioether (sulfide) groups is 1. The van der Waals surface area contributed by atoms with E-state index in [0.29, 0.717) is 0 Å². The minimum absolute atomic E-state index is 0.0404. The molecule has 22 heavy (non-hydrogen) atoms. The van der Waals surface area contributed by atoms with Crippen molar-refractivity contribution >= 4 is 23.6 Å². The SMILES string of the molecule is COC(=O)CC(NC(=O)c1cn[nH]n1)c1ccc(SC)cc1. The predicted octanol–water partition coefficient (Wildman–Crippen LogP) is 1.56. The second-order valence-electron chi connectivity index (χ2n) is 4.43. The number of hydrogen-bond donors (Lipinski definition) is 2. The molecular formula is C14H16N4O3S. The van der Waals surface area contributed by atoms with E-state index in [9.17, 15) is 9.59 Å². The molecule has 0 aliphatic rings. The third-order valence-corrected chi connectivity index (χ3v) is 3.81. The van der Waals surface area contributed by atoms with Gasteiger partial charge >= 0.3 is 5.97 Å². The summed E-state index contributed by atoms with van der Waals surface area (Å²) in [5, 5.41) is 12.5. The van der Waals surface area contributed by atoms with Crippen molar-refractivity contribution in [2.75, 3.05) is 13.4 Å². The highest BCUT2D eigenvalue weighted by Gasteiger charge is 2.20. The summed E-state index contributed by atoms with van der Waals surface area (Å²) in [6.07, 6.45) is 3.34. The van der Waals surface area contributed by atoms with Crippen molar-refractivity contribution in [3.8, 4) is 0 Å². The van der Waals surface area contributed by atoms with Gasteiger partial charge in [-0.05, 0) is 24.0 Å². The highest BCUT2D eigenvalue weighted by atomic mass is 32.2. The first-order chi connectivity index (χ1) is 10.6. The molecule has 0 bridgehead atoms. The molecule has 1 aromatic heterocycles. The van der Waals surface area contributed by atoms with Crippen molar-refractivity contribution < 1.29 is 14.3 Å². The van der Waals surface area contributed by atoms with Gasteiger partial charge in [0, 0.05) is 4.90 Å². The molecule has 0 saturated heterocycles. The summed E-state index contributed by atoms with van der Waals surface area (Å²) in [5.74, 6) is -0.809.